The van der Waals surface area contributed by atoms with E-state index in [0.717, 1.165) is 12.1 Å². The average molecular weight is 368 g/mol. The molecule has 0 aliphatic carbocycles. The first kappa shape index (κ1) is 19.4. The second kappa shape index (κ2) is 8.46. The number of nitrogens with one attached hydrogen (secondary N) is 2. The minimum Gasteiger partial charge on any atom is -0.354 e. The van der Waals surface area contributed by atoms with Gasteiger partial charge < -0.3 is 10.6 Å². The molecule has 0 fully saturated rings. The van der Waals surface area contributed by atoms with Crippen molar-refractivity contribution in [3.63, 3.8) is 0 Å². The summed E-state index contributed by atoms with van der Waals surface area (Å²) in [6, 6.07) is 10.0. The van der Waals surface area contributed by atoms with Crippen LogP contribution >= 0.6 is 0 Å². The highest BCUT2D eigenvalue weighted by atomic mass is 19.4. The number of amides is 2. The fourth-order valence-electron chi connectivity index (χ4n) is 2.30. The highest BCUT2D eigenvalue weighted by molar-refractivity contribution is 5.95. The molecule has 4 nitrogen and oxygen atoms in total. The van der Waals surface area contributed by atoms with Crippen LogP contribution < -0.4 is 10.6 Å². The lowest BCUT2D eigenvalue weighted by Crippen LogP contribution is -2.36. The molecule has 2 N–H and O–H groups in total. The highest BCUT2D eigenvalue weighted by Gasteiger charge is 2.34. The Bertz CT molecular complexity index is 791. The Kier molecular flexibility index (Phi) is 6.32. The van der Waals surface area contributed by atoms with Gasteiger partial charge in [-0.25, -0.2) is 4.39 Å². The predicted octanol–water partition coefficient (Wildman–Crippen LogP) is 2.93. The van der Waals surface area contributed by atoms with Gasteiger partial charge in [-0.05, 0) is 29.8 Å². The molecule has 2 aromatic rings. The monoisotopic (exact) mass is 368 g/mol. The SMILES string of the molecule is O=C(Cc1cccc(F)c1)NCCNC(=O)c1ccccc1C(F)(F)F. The highest BCUT2D eigenvalue weighted by Crippen LogP contribution is 2.31. The quantitative estimate of drug-likeness (QED) is 0.609. The van der Waals surface area contributed by atoms with Crippen LogP contribution in [0.4, 0.5) is 17.6 Å². The minimum absolute atomic E-state index is 0.0358. The van der Waals surface area contributed by atoms with Gasteiger partial charge in [-0.2, -0.15) is 13.2 Å². The van der Waals surface area contributed by atoms with Gasteiger partial charge in [0.1, 0.15) is 5.82 Å². The van der Waals surface area contributed by atoms with E-state index in [4.69, 9.17) is 0 Å². The molecule has 8 heteroatoms. The number of hydrogen-bond acceptors (Lipinski definition) is 2. The summed E-state index contributed by atoms with van der Waals surface area (Å²) in [5.74, 6) is -1.72. The molecular formula is C18H16F4N2O2. The summed E-state index contributed by atoms with van der Waals surface area (Å²) in [5.41, 5.74) is -1.01. The largest absolute Gasteiger partial charge is 0.417 e. The van der Waals surface area contributed by atoms with Gasteiger partial charge >= 0.3 is 6.18 Å². The number of carbonyl (C=O) groups excluding carboxylic acids is 2. The first-order chi connectivity index (χ1) is 12.3. The van der Waals surface area contributed by atoms with Crippen LogP contribution in [-0.2, 0) is 17.4 Å². The number of halogens is 4. The number of hydrogen-bond donors (Lipinski definition) is 2. The number of alkyl halides is 3. The van der Waals surface area contributed by atoms with Crippen LogP contribution in [0.3, 0.4) is 0 Å². The van der Waals surface area contributed by atoms with E-state index in [0.29, 0.717) is 5.56 Å². The van der Waals surface area contributed by atoms with E-state index >= 15 is 0 Å². The van der Waals surface area contributed by atoms with Crippen molar-refractivity contribution in [1.29, 1.82) is 0 Å². The van der Waals surface area contributed by atoms with E-state index < -0.39 is 29.0 Å². The Morgan fingerprint density at radius 1 is 0.923 bits per heavy atom. The van der Waals surface area contributed by atoms with Crippen molar-refractivity contribution in [3.8, 4) is 0 Å². The van der Waals surface area contributed by atoms with Crippen molar-refractivity contribution < 1.29 is 27.2 Å². The maximum Gasteiger partial charge on any atom is 0.417 e. The third-order valence-corrected chi connectivity index (χ3v) is 3.46. The lowest BCUT2D eigenvalue weighted by Gasteiger charge is -2.13. The predicted molar refractivity (Wildman–Crippen MR) is 86.9 cm³/mol. The van der Waals surface area contributed by atoms with Gasteiger partial charge in [0.15, 0.2) is 0 Å². The summed E-state index contributed by atoms with van der Waals surface area (Å²) >= 11 is 0. The lowest BCUT2D eigenvalue weighted by molar-refractivity contribution is -0.138. The molecule has 0 heterocycles. The standard InChI is InChI=1S/C18H16F4N2O2/c19-13-5-3-4-12(10-13)11-16(25)23-8-9-24-17(26)14-6-1-2-7-15(14)18(20,21)22/h1-7,10H,8-9,11H2,(H,23,25)(H,24,26). The Morgan fingerprint density at radius 2 is 1.62 bits per heavy atom. The van der Waals surface area contributed by atoms with E-state index in [-0.39, 0.29) is 25.4 Å². The number of rotatable bonds is 6. The van der Waals surface area contributed by atoms with Crippen LogP contribution in [0.1, 0.15) is 21.5 Å². The van der Waals surface area contributed by atoms with E-state index in [1.807, 2.05) is 0 Å². The maximum atomic E-state index is 13.0. The molecule has 2 rings (SSSR count). The zero-order valence-corrected chi connectivity index (χ0v) is 13.6. The molecule has 26 heavy (non-hydrogen) atoms. The molecule has 0 spiro atoms. The molecule has 0 radical (unpaired) electrons. The fourth-order valence-corrected chi connectivity index (χ4v) is 2.30. The van der Waals surface area contributed by atoms with Crippen LogP contribution in [0.5, 0.6) is 0 Å². The zero-order chi connectivity index (χ0) is 19.2. The van der Waals surface area contributed by atoms with Crippen LogP contribution in [0, 0.1) is 5.82 Å². The lowest BCUT2D eigenvalue weighted by atomic mass is 10.1. The average Bonchev–Trinajstić information content (AvgIpc) is 2.58. The molecule has 138 valence electrons. The van der Waals surface area contributed by atoms with Gasteiger partial charge in [-0.1, -0.05) is 24.3 Å². The summed E-state index contributed by atoms with van der Waals surface area (Å²) in [6.07, 6.45) is -4.67. The molecule has 0 aliphatic rings. The summed E-state index contributed by atoms with van der Waals surface area (Å²) in [7, 11) is 0. The topological polar surface area (TPSA) is 58.2 Å². The Morgan fingerprint density at radius 3 is 2.31 bits per heavy atom. The third-order valence-electron chi connectivity index (χ3n) is 3.46. The molecule has 2 amide bonds. The molecule has 0 bridgehead atoms. The Balaban J connectivity index is 1.81. The number of benzene rings is 2. The molecule has 0 saturated carbocycles. The Hall–Kier alpha value is -2.90. The van der Waals surface area contributed by atoms with Gasteiger partial charge in [0.05, 0.1) is 17.5 Å². The maximum absolute atomic E-state index is 13.0. The summed E-state index contributed by atoms with van der Waals surface area (Å²) < 4.78 is 51.7. The molecule has 2 aromatic carbocycles. The van der Waals surface area contributed by atoms with Crippen molar-refractivity contribution in [2.45, 2.75) is 12.6 Å². The van der Waals surface area contributed by atoms with Crippen molar-refractivity contribution in [2.75, 3.05) is 13.1 Å². The van der Waals surface area contributed by atoms with Crippen molar-refractivity contribution in [3.05, 3.63) is 71.0 Å². The van der Waals surface area contributed by atoms with Gasteiger partial charge in [-0.3, -0.25) is 9.59 Å². The van der Waals surface area contributed by atoms with Crippen molar-refractivity contribution in [1.82, 2.24) is 10.6 Å². The van der Waals surface area contributed by atoms with Crippen LogP contribution in [0.15, 0.2) is 48.5 Å². The van der Waals surface area contributed by atoms with Crippen LogP contribution in [0.2, 0.25) is 0 Å². The Labute approximate surface area is 147 Å². The number of carbonyl (C=O) groups is 2. The smallest absolute Gasteiger partial charge is 0.354 e. The van der Waals surface area contributed by atoms with Crippen molar-refractivity contribution in [2.24, 2.45) is 0 Å². The molecule has 0 unspecified atom stereocenters. The van der Waals surface area contributed by atoms with E-state index in [1.165, 1.54) is 30.3 Å². The normalized spacial score (nSPS) is 11.1. The molecule has 0 atom stereocenters. The van der Waals surface area contributed by atoms with Crippen LogP contribution in [0.25, 0.3) is 0 Å². The first-order valence-corrected chi connectivity index (χ1v) is 7.73. The molecule has 0 saturated heterocycles. The van der Waals surface area contributed by atoms with E-state index in [9.17, 15) is 27.2 Å². The first-order valence-electron chi connectivity index (χ1n) is 7.73. The second-order valence-electron chi connectivity index (χ2n) is 5.46. The summed E-state index contributed by atoms with van der Waals surface area (Å²) in [5, 5.41) is 4.83. The van der Waals surface area contributed by atoms with E-state index in [2.05, 4.69) is 10.6 Å². The third kappa shape index (κ3) is 5.58. The molecule has 0 aliphatic heterocycles. The molecule has 0 aromatic heterocycles. The van der Waals surface area contributed by atoms with Crippen molar-refractivity contribution >= 4 is 11.8 Å². The fraction of sp³-hybridized carbons (Fsp3) is 0.222. The van der Waals surface area contributed by atoms with Gasteiger partial charge in [0.2, 0.25) is 5.91 Å². The second-order valence-corrected chi connectivity index (χ2v) is 5.46. The van der Waals surface area contributed by atoms with Gasteiger partial charge in [0, 0.05) is 13.1 Å². The summed E-state index contributed by atoms with van der Waals surface area (Å²) in [4.78, 5) is 23.6. The zero-order valence-electron chi connectivity index (χ0n) is 13.6. The van der Waals surface area contributed by atoms with Gasteiger partial charge in [-0.15, -0.1) is 0 Å². The van der Waals surface area contributed by atoms with Gasteiger partial charge in [0.25, 0.3) is 5.91 Å². The molecular weight excluding hydrogens is 352 g/mol. The minimum atomic E-state index is -4.63. The van der Waals surface area contributed by atoms with E-state index in [1.54, 1.807) is 6.07 Å². The van der Waals surface area contributed by atoms with Crippen LogP contribution in [-0.4, -0.2) is 24.9 Å². The summed E-state index contributed by atoms with van der Waals surface area (Å²) in [6.45, 7) is -0.00596.